The standard InChI is InChI=1S/C29H29FN4O2S/c30-23-10-12-24(13-11-23)34-18-16-33(17-19-34)15-3-14-31-28(35)22-8-6-21(7-9-22)20-27-29(36)32-25-4-1-2-5-26(25)37-27/h1-2,4-13,20H,3,14-19H2,(H,31,35)(H,32,36). The fourth-order valence-electron chi connectivity index (χ4n) is 4.47. The van der Waals surface area contributed by atoms with Crippen molar-refractivity contribution in [3.8, 4) is 0 Å². The SMILES string of the molecule is O=C1Nc2ccccc2SC1=Cc1ccc(C(=O)NCCCN2CCN(c3ccc(F)cc3)CC2)cc1. The topological polar surface area (TPSA) is 64.7 Å². The van der Waals surface area contributed by atoms with Crippen LogP contribution in [-0.4, -0.2) is 56.0 Å². The van der Waals surface area contributed by atoms with Crippen LogP contribution >= 0.6 is 11.8 Å². The molecule has 2 heterocycles. The van der Waals surface area contributed by atoms with Gasteiger partial charge in [-0.2, -0.15) is 0 Å². The predicted molar refractivity (Wildman–Crippen MR) is 147 cm³/mol. The molecule has 0 saturated carbocycles. The van der Waals surface area contributed by atoms with E-state index < -0.39 is 0 Å². The fourth-order valence-corrected chi connectivity index (χ4v) is 5.42. The first-order valence-corrected chi connectivity index (χ1v) is 13.3. The van der Waals surface area contributed by atoms with E-state index in [0.29, 0.717) is 17.0 Å². The molecule has 5 rings (SSSR count). The van der Waals surface area contributed by atoms with Crippen molar-refractivity contribution in [1.82, 2.24) is 10.2 Å². The summed E-state index contributed by atoms with van der Waals surface area (Å²) in [7, 11) is 0. The number of para-hydroxylation sites is 1. The Morgan fingerprint density at radius 3 is 2.46 bits per heavy atom. The molecular formula is C29H29FN4O2S. The molecule has 1 saturated heterocycles. The van der Waals surface area contributed by atoms with Crippen LogP contribution in [-0.2, 0) is 4.79 Å². The summed E-state index contributed by atoms with van der Waals surface area (Å²) in [5.41, 5.74) is 3.35. The Kier molecular flexibility index (Phi) is 7.87. The van der Waals surface area contributed by atoms with Gasteiger partial charge in [0.25, 0.3) is 11.8 Å². The molecule has 2 amide bonds. The van der Waals surface area contributed by atoms with Gasteiger partial charge in [-0.3, -0.25) is 14.5 Å². The van der Waals surface area contributed by atoms with E-state index in [-0.39, 0.29) is 17.6 Å². The summed E-state index contributed by atoms with van der Waals surface area (Å²) in [6, 6.07) is 21.7. The van der Waals surface area contributed by atoms with Gasteiger partial charge in [-0.05, 0) is 73.1 Å². The molecule has 6 nitrogen and oxygen atoms in total. The lowest BCUT2D eigenvalue weighted by Crippen LogP contribution is -2.47. The number of nitrogens with zero attached hydrogens (tertiary/aromatic N) is 2. The van der Waals surface area contributed by atoms with Gasteiger partial charge in [-0.1, -0.05) is 36.0 Å². The monoisotopic (exact) mass is 516 g/mol. The lowest BCUT2D eigenvalue weighted by atomic mass is 10.1. The molecule has 8 heteroatoms. The van der Waals surface area contributed by atoms with Crippen molar-refractivity contribution in [2.75, 3.05) is 49.5 Å². The Labute approximate surface area is 220 Å². The number of anilines is 2. The minimum atomic E-state index is -0.211. The normalized spacial score (nSPS) is 16.8. The van der Waals surface area contributed by atoms with Crippen molar-refractivity contribution < 1.29 is 14.0 Å². The average molecular weight is 517 g/mol. The summed E-state index contributed by atoms with van der Waals surface area (Å²) < 4.78 is 13.1. The van der Waals surface area contributed by atoms with Crippen molar-refractivity contribution in [3.63, 3.8) is 0 Å². The lowest BCUT2D eigenvalue weighted by molar-refractivity contribution is -0.112. The van der Waals surface area contributed by atoms with Gasteiger partial charge in [0.2, 0.25) is 0 Å². The van der Waals surface area contributed by atoms with Gasteiger partial charge in [0.15, 0.2) is 0 Å². The molecule has 0 atom stereocenters. The number of hydrogen-bond acceptors (Lipinski definition) is 5. The number of hydrogen-bond donors (Lipinski definition) is 2. The highest BCUT2D eigenvalue weighted by Crippen LogP contribution is 2.38. The average Bonchev–Trinajstić information content (AvgIpc) is 2.93. The van der Waals surface area contributed by atoms with Gasteiger partial charge in [-0.15, -0.1) is 0 Å². The van der Waals surface area contributed by atoms with E-state index in [9.17, 15) is 14.0 Å². The molecule has 2 aliphatic heterocycles. The number of carbonyl (C=O) groups is 2. The van der Waals surface area contributed by atoms with Crippen LogP contribution in [0, 0.1) is 5.82 Å². The summed E-state index contributed by atoms with van der Waals surface area (Å²) in [5.74, 6) is -0.432. The van der Waals surface area contributed by atoms with Gasteiger partial charge in [-0.25, -0.2) is 4.39 Å². The molecule has 0 unspecified atom stereocenters. The van der Waals surface area contributed by atoms with Gasteiger partial charge in [0.1, 0.15) is 5.82 Å². The Balaban J connectivity index is 1.05. The zero-order chi connectivity index (χ0) is 25.6. The third kappa shape index (κ3) is 6.39. The van der Waals surface area contributed by atoms with Crippen molar-refractivity contribution in [1.29, 1.82) is 0 Å². The van der Waals surface area contributed by atoms with Gasteiger partial charge < -0.3 is 15.5 Å². The number of benzene rings is 3. The van der Waals surface area contributed by atoms with Crippen LogP contribution in [0.3, 0.4) is 0 Å². The number of halogens is 1. The van der Waals surface area contributed by atoms with E-state index >= 15 is 0 Å². The Hall–Kier alpha value is -3.62. The fraction of sp³-hybridized carbons (Fsp3) is 0.241. The highest BCUT2D eigenvalue weighted by Gasteiger charge is 2.20. The second-order valence-corrected chi connectivity index (χ2v) is 10.2. The zero-order valence-electron chi connectivity index (χ0n) is 20.5. The van der Waals surface area contributed by atoms with Crippen molar-refractivity contribution in [2.45, 2.75) is 11.3 Å². The number of rotatable bonds is 7. The highest BCUT2D eigenvalue weighted by molar-refractivity contribution is 8.04. The number of carbonyl (C=O) groups excluding carboxylic acids is 2. The van der Waals surface area contributed by atoms with Crippen LogP contribution < -0.4 is 15.5 Å². The van der Waals surface area contributed by atoms with E-state index in [1.54, 1.807) is 12.1 Å². The summed E-state index contributed by atoms with van der Waals surface area (Å²) in [6.07, 6.45) is 2.72. The summed E-state index contributed by atoms with van der Waals surface area (Å²) in [5, 5.41) is 5.92. The number of thioether (sulfide) groups is 1. The van der Waals surface area contributed by atoms with Gasteiger partial charge in [0.05, 0.1) is 10.6 Å². The maximum Gasteiger partial charge on any atom is 0.262 e. The molecular weight excluding hydrogens is 487 g/mol. The second-order valence-electron chi connectivity index (χ2n) is 9.10. The summed E-state index contributed by atoms with van der Waals surface area (Å²) >= 11 is 1.44. The summed E-state index contributed by atoms with van der Waals surface area (Å²) in [6.45, 7) is 5.25. The second kappa shape index (κ2) is 11.6. The zero-order valence-corrected chi connectivity index (χ0v) is 21.3. The smallest absolute Gasteiger partial charge is 0.262 e. The summed E-state index contributed by atoms with van der Waals surface area (Å²) in [4.78, 5) is 31.3. The maximum atomic E-state index is 13.1. The molecule has 37 heavy (non-hydrogen) atoms. The maximum absolute atomic E-state index is 13.1. The third-order valence-electron chi connectivity index (χ3n) is 6.55. The molecule has 3 aromatic carbocycles. The van der Waals surface area contributed by atoms with E-state index in [4.69, 9.17) is 0 Å². The molecule has 2 N–H and O–H groups in total. The number of piperazine rings is 1. The van der Waals surface area contributed by atoms with Crippen molar-refractivity contribution >= 4 is 41.0 Å². The number of nitrogens with one attached hydrogen (secondary N) is 2. The van der Waals surface area contributed by atoms with E-state index in [1.807, 2.05) is 54.6 Å². The number of amides is 2. The molecule has 3 aromatic rings. The first kappa shape index (κ1) is 25.0. The Morgan fingerprint density at radius 2 is 1.70 bits per heavy atom. The predicted octanol–water partition coefficient (Wildman–Crippen LogP) is 4.85. The first-order chi connectivity index (χ1) is 18.0. The van der Waals surface area contributed by atoms with Crippen LogP contribution in [0.15, 0.2) is 82.6 Å². The molecule has 0 aliphatic carbocycles. The van der Waals surface area contributed by atoms with E-state index in [0.717, 1.165) is 61.0 Å². The largest absolute Gasteiger partial charge is 0.369 e. The van der Waals surface area contributed by atoms with E-state index in [1.165, 1.54) is 23.9 Å². The minimum Gasteiger partial charge on any atom is -0.369 e. The van der Waals surface area contributed by atoms with Gasteiger partial charge >= 0.3 is 0 Å². The molecule has 1 fully saturated rings. The van der Waals surface area contributed by atoms with Gasteiger partial charge in [0, 0.05) is 48.9 Å². The van der Waals surface area contributed by atoms with Crippen LogP contribution in [0.5, 0.6) is 0 Å². The molecule has 0 spiro atoms. The van der Waals surface area contributed by atoms with E-state index in [2.05, 4.69) is 20.4 Å². The minimum absolute atomic E-state index is 0.0981. The van der Waals surface area contributed by atoms with Crippen LogP contribution in [0.4, 0.5) is 15.8 Å². The van der Waals surface area contributed by atoms with Crippen molar-refractivity contribution in [2.24, 2.45) is 0 Å². The molecule has 0 aromatic heterocycles. The lowest BCUT2D eigenvalue weighted by Gasteiger charge is -2.36. The van der Waals surface area contributed by atoms with Crippen LogP contribution in [0.2, 0.25) is 0 Å². The number of fused-ring (bicyclic) bond motifs is 1. The third-order valence-corrected chi connectivity index (χ3v) is 7.65. The molecule has 0 bridgehead atoms. The van der Waals surface area contributed by atoms with Crippen LogP contribution in [0.1, 0.15) is 22.3 Å². The molecule has 0 radical (unpaired) electrons. The quantitative estimate of drug-likeness (QED) is 0.347. The first-order valence-electron chi connectivity index (χ1n) is 12.5. The highest BCUT2D eigenvalue weighted by atomic mass is 32.2. The Bertz CT molecular complexity index is 1290. The van der Waals surface area contributed by atoms with Crippen LogP contribution in [0.25, 0.3) is 6.08 Å². The molecule has 190 valence electrons. The molecule has 2 aliphatic rings. The Morgan fingerprint density at radius 1 is 0.973 bits per heavy atom. The van der Waals surface area contributed by atoms with Crippen molar-refractivity contribution in [3.05, 3.63) is 94.6 Å².